The van der Waals surface area contributed by atoms with Gasteiger partial charge in [0.2, 0.25) is 0 Å². The normalized spacial score (nSPS) is 11.6. The van der Waals surface area contributed by atoms with E-state index in [-0.39, 0.29) is 12.2 Å². The fourth-order valence-corrected chi connectivity index (χ4v) is 2.50. The van der Waals surface area contributed by atoms with Crippen LogP contribution in [-0.2, 0) is 16.1 Å². The number of ether oxygens (including phenoxy) is 1. The molecule has 1 aromatic heterocycles. The summed E-state index contributed by atoms with van der Waals surface area (Å²) in [6, 6.07) is 17.7. The predicted octanol–water partition coefficient (Wildman–Crippen LogP) is 2.74. The summed E-state index contributed by atoms with van der Waals surface area (Å²) in [5.41, 5.74) is 1.93. The molecule has 3 aromatic rings. The van der Waals surface area contributed by atoms with Crippen molar-refractivity contribution in [2.24, 2.45) is 0 Å². The predicted molar refractivity (Wildman–Crippen MR) is 100.0 cm³/mol. The molecule has 3 rings (SSSR count). The van der Waals surface area contributed by atoms with E-state index in [1.807, 2.05) is 54.6 Å². The van der Waals surface area contributed by atoms with Crippen molar-refractivity contribution < 1.29 is 19.1 Å². The van der Waals surface area contributed by atoms with Gasteiger partial charge in [0.15, 0.2) is 6.10 Å². The number of para-hydroxylation sites is 1. The van der Waals surface area contributed by atoms with Gasteiger partial charge < -0.3 is 15.0 Å². The summed E-state index contributed by atoms with van der Waals surface area (Å²) in [5.74, 6) is -1.37. The van der Waals surface area contributed by atoms with Crippen LogP contribution < -0.4 is 10.6 Å². The van der Waals surface area contributed by atoms with E-state index >= 15 is 0 Å². The number of aromatic amines is 1. The molecule has 0 saturated heterocycles. The first kappa shape index (κ1) is 18.2. The Hall–Kier alpha value is -3.61. The summed E-state index contributed by atoms with van der Waals surface area (Å²) in [7, 11) is 0. The molecule has 0 aliphatic carbocycles. The number of urea groups is 1. The number of amides is 3. The van der Waals surface area contributed by atoms with Crippen molar-refractivity contribution in [1.29, 1.82) is 0 Å². The molecular formula is C20H19N3O4. The smallest absolute Gasteiger partial charge is 0.355 e. The first-order valence-corrected chi connectivity index (χ1v) is 8.44. The molecule has 138 valence electrons. The summed E-state index contributed by atoms with van der Waals surface area (Å²) in [6.07, 6.45) is -1.12. The number of hydrogen-bond acceptors (Lipinski definition) is 4. The van der Waals surface area contributed by atoms with Crippen LogP contribution in [0.15, 0.2) is 60.7 Å². The fraction of sp³-hybridized carbons (Fsp3) is 0.150. The number of H-pyrrole nitrogens is 1. The van der Waals surface area contributed by atoms with Gasteiger partial charge in [-0.25, -0.2) is 9.59 Å². The summed E-state index contributed by atoms with van der Waals surface area (Å²) in [4.78, 5) is 39.0. The second-order valence-corrected chi connectivity index (χ2v) is 5.98. The number of esters is 1. The molecule has 7 nitrogen and oxygen atoms in total. The van der Waals surface area contributed by atoms with E-state index in [9.17, 15) is 14.4 Å². The standard InChI is InChI=1S/C20H19N3O4/c1-13(18(24)23-20(26)21-12-14-7-3-2-4-8-14)27-19(25)17-11-15-9-5-6-10-16(15)22-17/h2-11,13,22H,12H2,1H3,(H2,21,23,24,26). The van der Waals surface area contributed by atoms with Gasteiger partial charge in [-0.05, 0) is 24.6 Å². The minimum atomic E-state index is -1.12. The lowest BCUT2D eigenvalue weighted by atomic mass is 10.2. The van der Waals surface area contributed by atoms with E-state index in [1.165, 1.54) is 6.92 Å². The zero-order valence-electron chi connectivity index (χ0n) is 14.7. The van der Waals surface area contributed by atoms with Crippen molar-refractivity contribution in [3.05, 3.63) is 71.9 Å². The SMILES string of the molecule is CC(OC(=O)c1cc2ccccc2[nH]1)C(=O)NC(=O)NCc1ccccc1. The first-order valence-electron chi connectivity index (χ1n) is 8.44. The maximum Gasteiger partial charge on any atom is 0.355 e. The third-order valence-corrected chi connectivity index (χ3v) is 3.94. The van der Waals surface area contributed by atoms with E-state index in [0.29, 0.717) is 0 Å². The first-order chi connectivity index (χ1) is 13.0. The zero-order chi connectivity index (χ0) is 19.2. The van der Waals surface area contributed by atoms with Gasteiger partial charge in [0, 0.05) is 17.4 Å². The van der Waals surface area contributed by atoms with E-state index in [1.54, 1.807) is 6.07 Å². The molecule has 3 amide bonds. The van der Waals surface area contributed by atoms with Gasteiger partial charge in [-0.3, -0.25) is 10.1 Å². The van der Waals surface area contributed by atoms with Crippen LogP contribution in [0.25, 0.3) is 10.9 Å². The second-order valence-electron chi connectivity index (χ2n) is 5.98. The highest BCUT2D eigenvalue weighted by Crippen LogP contribution is 2.15. The van der Waals surface area contributed by atoms with Gasteiger partial charge in [0.25, 0.3) is 5.91 Å². The number of carbonyl (C=O) groups is 3. The molecule has 0 aliphatic heterocycles. The van der Waals surface area contributed by atoms with Gasteiger partial charge in [-0.15, -0.1) is 0 Å². The van der Waals surface area contributed by atoms with Gasteiger partial charge >= 0.3 is 12.0 Å². The topological polar surface area (TPSA) is 100 Å². The summed E-state index contributed by atoms with van der Waals surface area (Å²) >= 11 is 0. The molecule has 0 aliphatic rings. The highest BCUT2D eigenvalue weighted by Gasteiger charge is 2.21. The molecule has 1 atom stereocenters. The lowest BCUT2D eigenvalue weighted by molar-refractivity contribution is -0.127. The van der Waals surface area contributed by atoms with Crippen LogP contribution in [0, 0.1) is 0 Å². The number of aromatic nitrogens is 1. The molecule has 0 spiro atoms. The number of benzene rings is 2. The molecule has 27 heavy (non-hydrogen) atoms. The van der Waals surface area contributed by atoms with Crippen LogP contribution in [-0.4, -0.2) is 29.0 Å². The Morgan fingerprint density at radius 1 is 1.04 bits per heavy atom. The second kappa shape index (κ2) is 8.18. The molecule has 0 bridgehead atoms. The minimum absolute atomic E-state index is 0.240. The van der Waals surface area contributed by atoms with Crippen molar-refractivity contribution in [2.75, 3.05) is 0 Å². The number of imide groups is 1. The molecule has 0 saturated carbocycles. The van der Waals surface area contributed by atoms with E-state index < -0.39 is 24.0 Å². The molecule has 0 fully saturated rings. The maximum atomic E-state index is 12.2. The van der Waals surface area contributed by atoms with Crippen molar-refractivity contribution in [3.63, 3.8) is 0 Å². The number of hydrogen-bond donors (Lipinski definition) is 3. The Labute approximate surface area is 155 Å². The molecular weight excluding hydrogens is 346 g/mol. The minimum Gasteiger partial charge on any atom is -0.448 e. The Kier molecular flexibility index (Phi) is 5.51. The van der Waals surface area contributed by atoms with E-state index in [2.05, 4.69) is 15.6 Å². The highest BCUT2D eigenvalue weighted by atomic mass is 16.5. The van der Waals surface area contributed by atoms with Gasteiger partial charge in [0.1, 0.15) is 5.69 Å². The van der Waals surface area contributed by atoms with Crippen LogP contribution in [0.1, 0.15) is 23.0 Å². The fourth-order valence-electron chi connectivity index (χ4n) is 2.50. The molecule has 1 heterocycles. The lowest BCUT2D eigenvalue weighted by Gasteiger charge is -2.13. The molecule has 7 heteroatoms. The Morgan fingerprint density at radius 2 is 1.74 bits per heavy atom. The van der Waals surface area contributed by atoms with Gasteiger partial charge in [0.05, 0.1) is 0 Å². The molecule has 0 radical (unpaired) electrons. The van der Waals surface area contributed by atoms with Crippen LogP contribution in [0.4, 0.5) is 4.79 Å². The van der Waals surface area contributed by atoms with E-state index in [4.69, 9.17) is 4.74 Å². The molecule has 2 aromatic carbocycles. The van der Waals surface area contributed by atoms with E-state index in [0.717, 1.165) is 16.5 Å². The van der Waals surface area contributed by atoms with Crippen molar-refractivity contribution in [2.45, 2.75) is 19.6 Å². The summed E-state index contributed by atoms with van der Waals surface area (Å²) < 4.78 is 5.13. The lowest BCUT2D eigenvalue weighted by Crippen LogP contribution is -2.44. The zero-order valence-corrected chi connectivity index (χ0v) is 14.7. The number of nitrogens with one attached hydrogen (secondary N) is 3. The Bertz CT molecular complexity index is 933. The average molecular weight is 365 g/mol. The van der Waals surface area contributed by atoms with Crippen LogP contribution in [0.3, 0.4) is 0 Å². The van der Waals surface area contributed by atoms with Crippen LogP contribution in [0.2, 0.25) is 0 Å². The molecule has 3 N–H and O–H groups in total. The largest absolute Gasteiger partial charge is 0.448 e. The third-order valence-electron chi connectivity index (χ3n) is 3.94. The Morgan fingerprint density at radius 3 is 2.48 bits per heavy atom. The monoisotopic (exact) mass is 365 g/mol. The maximum absolute atomic E-state index is 12.2. The number of rotatable bonds is 5. The quantitative estimate of drug-likeness (QED) is 0.605. The third kappa shape index (κ3) is 4.72. The highest BCUT2D eigenvalue weighted by molar-refractivity contribution is 5.99. The summed E-state index contributed by atoms with van der Waals surface area (Å²) in [6.45, 7) is 1.68. The number of fused-ring (bicyclic) bond motifs is 1. The Balaban J connectivity index is 1.50. The average Bonchev–Trinajstić information content (AvgIpc) is 3.11. The summed E-state index contributed by atoms with van der Waals surface area (Å²) in [5, 5.41) is 5.59. The molecule has 1 unspecified atom stereocenters. The number of carbonyl (C=O) groups excluding carboxylic acids is 3. The van der Waals surface area contributed by atoms with Gasteiger partial charge in [-0.2, -0.15) is 0 Å². The van der Waals surface area contributed by atoms with Crippen molar-refractivity contribution >= 4 is 28.8 Å². The van der Waals surface area contributed by atoms with Crippen molar-refractivity contribution in [1.82, 2.24) is 15.6 Å². The van der Waals surface area contributed by atoms with Crippen molar-refractivity contribution in [3.8, 4) is 0 Å². The van der Waals surface area contributed by atoms with Crippen LogP contribution >= 0.6 is 0 Å². The van der Waals surface area contributed by atoms with Crippen LogP contribution in [0.5, 0.6) is 0 Å². The van der Waals surface area contributed by atoms with Gasteiger partial charge in [-0.1, -0.05) is 48.5 Å².